The molecule has 1 amide bonds. The van der Waals surface area contributed by atoms with Gasteiger partial charge >= 0.3 is 5.97 Å². The lowest BCUT2D eigenvalue weighted by Gasteiger charge is -2.59. The van der Waals surface area contributed by atoms with E-state index in [1.807, 2.05) is 12.1 Å². The molecule has 4 aliphatic carbocycles. The van der Waals surface area contributed by atoms with Gasteiger partial charge in [0.2, 0.25) is 5.60 Å². The van der Waals surface area contributed by atoms with Crippen molar-refractivity contribution >= 4 is 11.9 Å². The van der Waals surface area contributed by atoms with Crippen molar-refractivity contribution in [2.75, 3.05) is 6.61 Å². The molecule has 0 saturated heterocycles. The summed E-state index contributed by atoms with van der Waals surface area (Å²) in [4.78, 5) is 25.9. The van der Waals surface area contributed by atoms with Crippen LogP contribution >= 0.6 is 0 Å². The highest BCUT2D eigenvalue weighted by Gasteiger charge is 2.53. The van der Waals surface area contributed by atoms with Crippen molar-refractivity contribution in [3.05, 3.63) is 71.8 Å². The van der Waals surface area contributed by atoms with Gasteiger partial charge in [-0.15, -0.1) is 0 Å². The second kappa shape index (κ2) is 8.60. The average Bonchev–Trinajstić information content (AvgIpc) is 2.82. The first-order valence-corrected chi connectivity index (χ1v) is 12.2. The van der Waals surface area contributed by atoms with Gasteiger partial charge in [0.05, 0.1) is 0 Å². The van der Waals surface area contributed by atoms with E-state index < -0.39 is 18.2 Å². The molecule has 1 atom stereocenters. The Bertz CT molecular complexity index is 928. The fourth-order valence-electron chi connectivity index (χ4n) is 7.14. The maximum Gasteiger partial charge on any atom is 0.348 e. The standard InChI is InChI=1S/C28H33NO4/c1-19(27-15-20-12-21(16-27)14-22(13-20)17-27)29-25(30)18-33-26(31)28(32,23-8-4-2-5-9-23)24-10-6-3-7-11-24/h2-11,19-22,32H,12-18H2,1H3,(H,29,30). The SMILES string of the molecule is CC(NC(=O)COC(=O)C(O)(c1ccccc1)c1ccccc1)C12CC3CC(CC(C3)C1)C2. The molecule has 4 fully saturated rings. The van der Waals surface area contributed by atoms with Gasteiger partial charge in [-0.1, -0.05) is 60.7 Å². The predicted molar refractivity (Wildman–Crippen MR) is 125 cm³/mol. The minimum atomic E-state index is -1.98. The van der Waals surface area contributed by atoms with Gasteiger partial charge in [-0.3, -0.25) is 4.79 Å². The van der Waals surface area contributed by atoms with E-state index in [4.69, 9.17) is 4.74 Å². The van der Waals surface area contributed by atoms with Crippen LogP contribution < -0.4 is 5.32 Å². The molecule has 2 N–H and O–H groups in total. The Kier molecular flexibility index (Phi) is 5.77. The third-order valence-electron chi connectivity index (χ3n) is 8.39. The van der Waals surface area contributed by atoms with Crippen molar-refractivity contribution < 1.29 is 19.4 Å². The summed E-state index contributed by atoms with van der Waals surface area (Å²) in [6.45, 7) is 1.70. The summed E-state index contributed by atoms with van der Waals surface area (Å²) in [6.07, 6.45) is 7.66. The fourth-order valence-corrected chi connectivity index (χ4v) is 7.14. The van der Waals surface area contributed by atoms with Crippen molar-refractivity contribution in [1.82, 2.24) is 5.32 Å². The van der Waals surface area contributed by atoms with Crippen LogP contribution in [0.5, 0.6) is 0 Å². The zero-order chi connectivity index (χ0) is 23.1. The molecule has 4 saturated carbocycles. The third kappa shape index (κ3) is 4.08. The van der Waals surface area contributed by atoms with Crippen LogP contribution in [0.15, 0.2) is 60.7 Å². The van der Waals surface area contributed by atoms with Gasteiger partial charge in [0.1, 0.15) is 0 Å². The van der Waals surface area contributed by atoms with Gasteiger partial charge in [0.15, 0.2) is 6.61 Å². The van der Waals surface area contributed by atoms with Crippen LogP contribution in [-0.2, 0) is 19.9 Å². The summed E-state index contributed by atoms with van der Waals surface area (Å²) in [5, 5.41) is 14.6. The Morgan fingerprint density at radius 1 is 0.939 bits per heavy atom. The van der Waals surface area contributed by atoms with E-state index in [1.54, 1.807) is 48.5 Å². The second-order valence-electron chi connectivity index (χ2n) is 10.6. The largest absolute Gasteiger partial charge is 0.453 e. The number of rotatable bonds is 7. The molecule has 33 heavy (non-hydrogen) atoms. The molecule has 174 valence electrons. The summed E-state index contributed by atoms with van der Waals surface area (Å²) < 4.78 is 5.40. The molecule has 4 bridgehead atoms. The van der Waals surface area contributed by atoms with E-state index in [1.165, 1.54) is 38.5 Å². The number of amides is 1. The first kappa shape index (κ1) is 22.1. The quantitative estimate of drug-likeness (QED) is 0.624. The number of nitrogens with one attached hydrogen (secondary N) is 1. The molecular weight excluding hydrogens is 414 g/mol. The maximum absolute atomic E-state index is 13.1. The van der Waals surface area contributed by atoms with Crippen molar-refractivity contribution in [3.63, 3.8) is 0 Å². The number of hydrogen-bond donors (Lipinski definition) is 2. The number of aliphatic hydroxyl groups is 1. The smallest absolute Gasteiger partial charge is 0.348 e. The maximum atomic E-state index is 13.1. The number of hydrogen-bond acceptors (Lipinski definition) is 4. The van der Waals surface area contributed by atoms with Gasteiger partial charge in [-0.05, 0) is 79.7 Å². The normalized spacial score (nSPS) is 28.8. The summed E-state index contributed by atoms with van der Waals surface area (Å²) in [7, 11) is 0. The van der Waals surface area contributed by atoms with Crippen molar-refractivity contribution in [2.45, 2.75) is 57.1 Å². The molecule has 0 aromatic heterocycles. The zero-order valence-electron chi connectivity index (χ0n) is 19.2. The number of ether oxygens (including phenoxy) is 1. The van der Waals surface area contributed by atoms with Crippen LogP contribution in [0, 0.1) is 23.2 Å². The molecule has 0 spiro atoms. The molecule has 5 nitrogen and oxygen atoms in total. The Balaban J connectivity index is 1.25. The van der Waals surface area contributed by atoms with Crippen LogP contribution in [0.25, 0.3) is 0 Å². The lowest BCUT2D eigenvalue weighted by atomic mass is 9.48. The van der Waals surface area contributed by atoms with Gasteiger partial charge < -0.3 is 15.2 Å². The highest BCUT2D eigenvalue weighted by Crippen LogP contribution is 2.61. The van der Waals surface area contributed by atoms with E-state index in [0.29, 0.717) is 11.1 Å². The van der Waals surface area contributed by atoms with Gasteiger partial charge in [0.25, 0.3) is 5.91 Å². The molecular formula is C28H33NO4. The number of carbonyl (C=O) groups is 2. The number of esters is 1. The average molecular weight is 448 g/mol. The summed E-state index contributed by atoms with van der Waals surface area (Å²) in [5.41, 5.74) is -0.982. The number of carbonyl (C=O) groups excluding carboxylic acids is 2. The van der Waals surface area contributed by atoms with E-state index in [9.17, 15) is 14.7 Å². The zero-order valence-corrected chi connectivity index (χ0v) is 19.2. The van der Waals surface area contributed by atoms with Gasteiger partial charge in [-0.2, -0.15) is 0 Å². The lowest BCUT2D eigenvalue weighted by molar-refractivity contribution is -0.165. The Labute approximate surface area is 195 Å². The summed E-state index contributed by atoms with van der Waals surface area (Å²) >= 11 is 0. The molecule has 1 unspecified atom stereocenters. The molecule has 0 radical (unpaired) electrons. The van der Waals surface area contributed by atoms with Crippen LogP contribution in [0.4, 0.5) is 0 Å². The molecule has 0 aliphatic heterocycles. The van der Waals surface area contributed by atoms with E-state index in [-0.39, 0.29) is 17.4 Å². The predicted octanol–water partition coefficient (Wildman–Crippen LogP) is 4.19. The van der Waals surface area contributed by atoms with E-state index >= 15 is 0 Å². The first-order valence-electron chi connectivity index (χ1n) is 12.2. The Morgan fingerprint density at radius 2 is 1.39 bits per heavy atom. The molecule has 6 rings (SSSR count). The molecule has 5 heteroatoms. The fraction of sp³-hybridized carbons (Fsp3) is 0.500. The van der Waals surface area contributed by atoms with Crippen LogP contribution in [0.2, 0.25) is 0 Å². The van der Waals surface area contributed by atoms with Crippen molar-refractivity contribution in [2.24, 2.45) is 23.2 Å². The summed E-state index contributed by atoms with van der Waals surface area (Å²) in [6, 6.07) is 17.5. The van der Waals surface area contributed by atoms with Gasteiger partial charge in [0, 0.05) is 6.04 Å². The third-order valence-corrected chi connectivity index (χ3v) is 8.39. The molecule has 2 aromatic rings. The monoisotopic (exact) mass is 447 g/mol. The Hall–Kier alpha value is -2.66. The number of benzene rings is 2. The van der Waals surface area contributed by atoms with Crippen LogP contribution in [0.3, 0.4) is 0 Å². The van der Waals surface area contributed by atoms with Gasteiger partial charge in [-0.25, -0.2) is 4.79 Å². The van der Waals surface area contributed by atoms with E-state index in [0.717, 1.165) is 17.8 Å². The summed E-state index contributed by atoms with van der Waals surface area (Å²) in [5.74, 6) is 1.26. The topological polar surface area (TPSA) is 75.6 Å². The highest BCUT2D eigenvalue weighted by atomic mass is 16.6. The second-order valence-corrected chi connectivity index (χ2v) is 10.6. The molecule has 0 heterocycles. The minimum Gasteiger partial charge on any atom is -0.453 e. The van der Waals surface area contributed by atoms with Crippen molar-refractivity contribution in [1.29, 1.82) is 0 Å². The van der Waals surface area contributed by atoms with Crippen LogP contribution in [-0.4, -0.2) is 29.6 Å². The highest BCUT2D eigenvalue weighted by molar-refractivity contribution is 5.88. The van der Waals surface area contributed by atoms with Crippen LogP contribution in [0.1, 0.15) is 56.6 Å². The Morgan fingerprint density at radius 3 is 1.85 bits per heavy atom. The first-order chi connectivity index (χ1) is 15.9. The van der Waals surface area contributed by atoms with Crippen molar-refractivity contribution in [3.8, 4) is 0 Å². The lowest BCUT2D eigenvalue weighted by Crippen LogP contribution is -2.56. The molecule has 2 aromatic carbocycles. The molecule has 4 aliphatic rings. The van der Waals surface area contributed by atoms with E-state index in [2.05, 4.69) is 12.2 Å². The minimum absolute atomic E-state index is 0.0548.